The molecule has 0 bridgehead atoms. The topological polar surface area (TPSA) is 47.6 Å². The molecule has 0 aromatic heterocycles. The van der Waals surface area contributed by atoms with Crippen LogP contribution >= 0.6 is 0 Å². The highest BCUT2D eigenvalue weighted by Crippen LogP contribution is 2.20. The van der Waals surface area contributed by atoms with E-state index in [9.17, 15) is 4.79 Å². The van der Waals surface area contributed by atoms with Gasteiger partial charge in [0, 0.05) is 12.1 Å². The van der Waals surface area contributed by atoms with Crippen LogP contribution in [0.4, 0.5) is 0 Å². The summed E-state index contributed by atoms with van der Waals surface area (Å²) in [5, 5.41) is 2.99. The van der Waals surface area contributed by atoms with Crippen LogP contribution in [0.15, 0.2) is 24.3 Å². The lowest BCUT2D eigenvalue weighted by atomic mass is 10.1. The van der Waals surface area contributed by atoms with Gasteiger partial charge in [0.25, 0.3) is 5.91 Å². The van der Waals surface area contributed by atoms with E-state index in [2.05, 4.69) is 12.2 Å². The highest BCUT2D eigenvalue weighted by Gasteiger charge is 2.19. The molecule has 0 spiro atoms. The third-order valence-electron chi connectivity index (χ3n) is 3.09. The summed E-state index contributed by atoms with van der Waals surface area (Å²) < 4.78 is 10.9. The summed E-state index contributed by atoms with van der Waals surface area (Å²) in [7, 11) is 1.61. The van der Waals surface area contributed by atoms with Crippen molar-refractivity contribution in [3.05, 3.63) is 24.3 Å². The van der Waals surface area contributed by atoms with Gasteiger partial charge in [-0.05, 0) is 31.9 Å². The van der Waals surface area contributed by atoms with Gasteiger partial charge in [-0.25, -0.2) is 0 Å². The number of carbonyl (C=O) groups is 1. The lowest BCUT2D eigenvalue weighted by Gasteiger charge is -2.20. The molecule has 20 heavy (non-hydrogen) atoms. The number of nitrogens with one attached hydrogen (secondary N) is 1. The Kier molecular flexibility index (Phi) is 6.91. The number of amides is 1. The predicted octanol–water partition coefficient (Wildman–Crippen LogP) is 3.16. The fourth-order valence-corrected chi connectivity index (χ4v) is 2.00. The van der Waals surface area contributed by atoms with Gasteiger partial charge in [0.15, 0.2) is 6.10 Å². The van der Waals surface area contributed by atoms with Crippen LogP contribution in [0.2, 0.25) is 0 Å². The number of benzene rings is 1. The van der Waals surface area contributed by atoms with Gasteiger partial charge in [0.2, 0.25) is 0 Å². The van der Waals surface area contributed by atoms with E-state index in [1.165, 1.54) is 0 Å². The molecule has 1 aromatic rings. The summed E-state index contributed by atoms with van der Waals surface area (Å²) in [6.07, 6.45) is 2.18. The zero-order valence-electron chi connectivity index (χ0n) is 12.8. The number of hydrogen-bond donors (Lipinski definition) is 1. The lowest BCUT2D eigenvalue weighted by molar-refractivity contribution is -0.128. The molecule has 0 saturated carbocycles. The number of hydrogen-bond acceptors (Lipinski definition) is 3. The summed E-state index contributed by atoms with van der Waals surface area (Å²) >= 11 is 0. The highest BCUT2D eigenvalue weighted by molar-refractivity contribution is 5.81. The summed E-state index contributed by atoms with van der Waals surface area (Å²) in [5.74, 6) is 1.31. The third kappa shape index (κ3) is 5.11. The fraction of sp³-hybridized carbons (Fsp3) is 0.562. The summed E-state index contributed by atoms with van der Waals surface area (Å²) in [4.78, 5) is 12.2. The van der Waals surface area contributed by atoms with E-state index in [1.807, 2.05) is 32.0 Å². The Morgan fingerprint density at radius 1 is 1.30 bits per heavy atom. The standard InChI is InChI=1S/C16H25NO3/c1-5-8-12(3)17-16(18)15(6-2)20-14-10-7-9-13(11-14)19-4/h7,9-12,15H,5-6,8H2,1-4H3,(H,17,18)/t12-,15-/m0/s1. The Balaban J connectivity index is 2.63. The first kappa shape index (κ1) is 16.3. The molecule has 1 rings (SSSR count). The van der Waals surface area contributed by atoms with Gasteiger partial charge in [0.1, 0.15) is 11.5 Å². The summed E-state index contributed by atoms with van der Waals surface area (Å²) in [6.45, 7) is 6.06. The van der Waals surface area contributed by atoms with Crippen molar-refractivity contribution in [2.45, 2.75) is 52.2 Å². The van der Waals surface area contributed by atoms with Crippen LogP contribution in [0.5, 0.6) is 11.5 Å². The molecule has 0 aliphatic carbocycles. The van der Waals surface area contributed by atoms with Gasteiger partial charge in [-0.1, -0.05) is 26.3 Å². The third-order valence-corrected chi connectivity index (χ3v) is 3.09. The maximum absolute atomic E-state index is 12.2. The molecule has 0 aliphatic rings. The second kappa shape index (κ2) is 8.46. The van der Waals surface area contributed by atoms with E-state index < -0.39 is 6.10 Å². The molecule has 0 fully saturated rings. The second-order valence-electron chi connectivity index (χ2n) is 4.89. The van der Waals surface area contributed by atoms with E-state index in [-0.39, 0.29) is 11.9 Å². The van der Waals surface area contributed by atoms with E-state index >= 15 is 0 Å². The molecule has 0 radical (unpaired) electrons. The van der Waals surface area contributed by atoms with Crippen LogP contribution < -0.4 is 14.8 Å². The maximum atomic E-state index is 12.2. The van der Waals surface area contributed by atoms with E-state index in [0.717, 1.165) is 18.6 Å². The first-order valence-electron chi connectivity index (χ1n) is 7.21. The molecular formula is C16H25NO3. The molecule has 0 heterocycles. The Bertz CT molecular complexity index is 420. The zero-order valence-corrected chi connectivity index (χ0v) is 12.8. The monoisotopic (exact) mass is 279 g/mol. The van der Waals surface area contributed by atoms with Gasteiger partial charge >= 0.3 is 0 Å². The molecule has 2 atom stereocenters. The first-order valence-corrected chi connectivity index (χ1v) is 7.21. The van der Waals surface area contributed by atoms with Crippen LogP contribution in [-0.4, -0.2) is 25.2 Å². The second-order valence-corrected chi connectivity index (χ2v) is 4.89. The molecule has 0 aliphatic heterocycles. The van der Waals surface area contributed by atoms with Crippen molar-refractivity contribution in [3.63, 3.8) is 0 Å². The maximum Gasteiger partial charge on any atom is 0.261 e. The minimum Gasteiger partial charge on any atom is -0.497 e. The van der Waals surface area contributed by atoms with Gasteiger partial charge in [-0.2, -0.15) is 0 Å². The molecule has 1 N–H and O–H groups in total. The highest BCUT2D eigenvalue weighted by atomic mass is 16.5. The zero-order chi connectivity index (χ0) is 15.0. The summed E-state index contributed by atoms with van der Waals surface area (Å²) in [5.41, 5.74) is 0. The van der Waals surface area contributed by atoms with Crippen molar-refractivity contribution < 1.29 is 14.3 Å². The van der Waals surface area contributed by atoms with Gasteiger partial charge < -0.3 is 14.8 Å². The molecule has 0 saturated heterocycles. The van der Waals surface area contributed by atoms with Crippen LogP contribution in [-0.2, 0) is 4.79 Å². The molecule has 112 valence electrons. The normalized spacial score (nSPS) is 13.4. The van der Waals surface area contributed by atoms with Crippen molar-refractivity contribution in [3.8, 4) is 11.5 Å². The molecule has 0 unspecified atom stereocenters. The van der Waals surface area contributed by atoms with Crippen LogP contribution in [0.1, 0.15) is 40.0 Å². The van der Waals surface area contributed by atoms with Gasteiger partial charge in [-0.3, -0.25) is 4.79 Å². The molecule has 1 amide bonds. The van der Waals surface area contributed by atoms with Crippen molar-refractivity contribution in [2.24, 2.45) is 0 Å². The quantitative estimate of drug-likeness (QED) is 0.795. The SMILES string of the molecule is CCC[C@H](C)NC(=O)[C@H](CC)Oc1cccc(OC)c1. The smallest absolute Gasteiger partial charge is 0.261 e. The first-order chi connectivity index (χ1) is 9.60. The van der Waals surface area contributed by atoms with Crippen LogP contribution in [0.25, 0.3) is 0 Å². The van der Waals surface area contributed by atoms with Gasteiger partial charge in [-0.15, -0.1) is 0 Å². The predicted molar refractivity (Wildman–Crippen MR) is 80.2 cm³/mol. The molecule has 1 aromatic carbocycles. The average molecular weight is 279 g/mol. The van der Waals surface area contributed by atoms with E-state index in [4.69, 9.17) is 9.47 Å². The minimum absolute atomic E-state index is 0.0590. The van der Waals surface area contributed by atoms with Crippen LogP contribution in [0.3, 0.4) is 0 Å². The molecular weight excluding hydrogens is 254 g/mol. The van der Waals surface area contributed by atoms with E-state index in [1.54, 1.807) is 13.2 Å². The molecule has 4 heteroatoms. The summed E-state index contributed by atoms with van der Waals surface area (Å²) in [6, 6.07) is 7.48. The van der Waals surface area contributed by atoms with E-state index in [0.29, 0.717) is 12.2 Å². The minimum atomic E-state index is -0.471. The Hall–Kier alpha value is -1.71. The lowest BCUT2D eigenvalue weighted by Crippen LogP contribution is -2.42. The largest absolute Gasteiger partial charge is 0.497 e. The number of carbonyl (C=O) groups excluding carboxylic acids is 1. The Morgan fingerprint density at radius 2 is 2.00 bits per heavy atom. The Morgan fingerprint density at radius 3 is 2.60 bits per heavy atom. The Labute approximate surface area is 121 Å². The fourth-order valence-electron chi connectivity index (χ4n) is 2.00. The van der Waals surface area contributed by atoms with Crippen LogP contribution in [0, 0.1) is 0 Å². The van der Waals surface area contributed by atoms with Gasteiger partial charge in [0.05, 0.1) is 7.11 Å². The number of methoxy groups -OCH3 is 1. The number of ether oxygens (including phenoxy) is 2. The van der Waals surface area contributed by atoms with Crippen molar-refractivity contribution >= 4 is 5.91 Å². The van der Waals surface area contributed by atoms with Crippen molar-refractivity contribution in [1.29, 1.82) is 0 Å². The van der Waals surface area contributed by atoms with Crippen molar-refractivity contribution in [1.82, 2.24) is 5.32 Å². The van der Waals surface area contributed by atoms with Crippen molar-refractivity contribution in [2.75, 3.05) is 7.11 Å². The number of rotatable bonds is 8. The molecule has 4 nitrogen and oxygen atoms in total. The average Bonchev–Trinajstić information content (AvgIpc) is 2.45.